The molecule has 0 aliphatic rings. The molecule has 0 aromatic rings. The molecular weight excluding hydrogens is 417 g/mol. The first-order valence-corrected chi connectivity index (χ1v) is 11.3. The fourth-order valence-electron chi connectivity index (χ4n) is 2.18. The van der Waals surface area contributed by atoms with E-state index in [0.717, 1.165) is 12.8 Å². The van der Waals surface area contributed by atoms with Gasteiger partial charge < -0.3 is 15.0 Å². The first-order valence-electron chi connectivity index (χ1n) is 9.35. The summed E-state index contributed by atoms with van der Waals surface area (Å²) in [4.78, 5) is 20.5. The number of aliphatic carboxylic acids is 1. The van der Waals surface area contributed by atoms with Crippen molar-refractivity contribution in [2.24, 2.45) is 0 Å². The molecule has 0 saturated heterocycles. The van der Waals surface area contributed by atoms with Crippen molar-refractivity contribution in [1.29, 1.82) is 0 Å². The van der Waals surface area contributed by atoms with Gasteiger partial charge in [0.15, 0.2) is 0 Å². The van der Waals surface area contributed by atoms with Crippen molar-refractivity contribution in [3.63, 3.8) is 0 Å². The van der Waals surface area contributed by atoms with E-state index in [-0.39, 0.29) is 47.8 Å². The summed E-state index contributed by atoms with van der Waals surface area (Å²) in [6, 6.07) is -0.874. The molecule has 0 radical (unpaired) electrons. The molecule has 0 spiro atoms. The van der Waals surface area contributed by atoms with Crippen LogP contribution in [-0.4, -0.2) is 48.4 Å². The smallest absolute Gasteiger partial charge is 0.726 e. The molecule has 1 atom stereocenters. The van der Waals surface area contributed by atoms with Crippen LogP contribution in [0, 0.1) is 0 Å². The van der Waals surface area contributed by atoms with Crippen LogP contribution in [0.25, 0.3) is 0 Å². The van der Waals surface area contributed by atoms with Gasteiger partial charge in [-0.25, -0.2) is 13.2 Å². The molecule has 8 nitrogen and oxygen atoms in total. The summed E-state index contributed by atoms with van der Waals surface area (Å²) in [6.45, 7) is 3.51. The van der Waals surface area contributed by atoms with E-state index in [1.54, 1.807) is 0 Å². The number of amides is 1. The molecule has 0 fully saturated rings. The van der Waals surface area contributed by atoms with E-state index < -0.39 is 22.4 Å². The van der Waals surface area contributed by atoms with Gasteiger partial charge in [0, 0.05) is 12.7 Å². The number of carboxylic acid groups (broad SMARTS) is 1. The van der Waals surface area contributed by atoms with Crippen molar-refractivity contribution in [2.45, 2.75) is 84.1 Å². The van der Waals surface area contributed by atoms with Crippen molar-refractivity contribution in [3.8, 4) is 0 Å². The fraction of sp³-hybridized carbons (Fsp3) is 0.882. The number of carbonyl (C=O) groups excluding carboxylic acids is 1. The molecule has 162 valence electrons. The number of unbranched alkanes of at least 4 members (excludes halogenated alkanes) is 9. The average Bonchev–Trinajstić information content (AvgIpc) is 2.56. The number of hydrogen-bond donors (Lipinski definition) is 3. The van der Waals surface area contributed by atoms with E-state index in [4.69, 9.17) is 5.11 Å². The quantitative estimate of drug-likeness (QED) is 0.104. The molecule has 2 N–H and O–H groups in total. The van der Waals surface area contributed by atoms with Gasteiger partial charge >= 0.3 is 35.5 Å². The molecule has 0 unspecified atom stereocenters. The molecule has 0 rings (SSSR count). The molecule has 1 amide bonds. The number of hydrogen-bond acceptors (Lipinski definition) is 7. The number of carbonyl (C=O) groups is 2. The molecule has 28 heavy (non-hydrogen) atoms. The van der Waals surface area contributed by atoms with Crippen molar-refractivity contribution in [2.75, 3.05) is 12.4 Å². The maximum atomic E-state index is 10.3. The van der Waals surface area contributed by atoms with Gasteiger partial charge in [0.1, 0.15) is 6.04 Å². The third-order valence-corrected chi connectivity index (χ3v) is 4.40. The molecule has 11 heteroatoms. The third kappa shape index (κ3) is 28.4. The topological polar surface area (TPSA) is 133 Å². The molecule has 0 bridgehead atoms. The summed E-state index contributed by atoms with van der Waals surface area (Å²) in [5.74, 6) is -1.32. The minimum absolute atomic E-state index is 0. The van der Waals surface area contributed by atoms with Crippen LogP contribution >= 0.6 is 12.6 Å². The van der Waals surface area contributed by atoms with Crippen LogP contribution in [0.4, 0.5) is 0 Å². The molecule has 0 saturated carbocycles. The zero-order chi connectivity index (χ0) is 21.1. The molecule has 0 aliphatic heterocycles. The van der Waals surface area contributed by atoms with Crippen molar-refractivity contribution in [3.05, 3.63) is 0 Å². The molecule has 0 aliphatic carbocycles. The van der Waals surface area contributed by atoms with E-state index in [1.165, 1.54) is 51.9 Å². The standard InChI is InChI=1S/C12H26O4S.C5H9NO3S.Na/c1-2-3-4-5-6-7-8-9-10-11-12-16-17(13,14)15;1-3(7)6-4(2-10)5(8)9;/h2-12H2,1H3,(H,13,14,15);4,10H,2H2,1H3,(H,6,7)(H,8,9);/q;;+1/p-1/t;4-;/m.0./s1. The van der Waals surface area contributed by atoms with Crippen LogP contribution in [0.5, 0.6) is 0 Å². The Morgan fingerprint density at radius 1 is 1.04 bits per heavy atom. The van der Waals surface area contributed by atoms with Crippen LogP contribution in [0.3, 0.4) is 0 Å². The maximum absolute atomic E-state index is 10.3. The van der Waals surface area contributed by atoms with Gasteiger partial charge in [0.25, 0.3) is 0 Å². The van der Waals surface area contributed by atoms with Gasteiger partial charge in [-0.05, 0) is 6.42 Å². The maximum Gasteiger partial charge on any atom is 1.00 e. The molecule has 0 heterocycles. The summed E-state index contributed by atoms with van der Waals surface area (Å²) < 4.78 is 34.5. The van der Waals surface area contributed by atoms with Crippen LogP contribution in [0.15, 0.2) is 0 Å². The molecule has 0 aromatic heterocycles. The van der Waals surface area contributed by atoms with Crippen LogP contribution < -0.4 is 34.9 Å². The SMILES string of the molecule is CC(=O)N[C@@H](CS)C(=O)O.CCCCCCCCCCCCOS(=O)(=O)[O-].[Na+]. The Hall–Kier alpha value is 0.160. The van der Waals surface area contributed by atoms with E-state index in [1.807, 2.05) is 0 Å². The second kappa shape index (κ2) is 21.9. The minimum Gasteiger partial charge on any atom is -0.726 e. The Kier molecular flexibility index (Phi) is 25.6. The van der Waals surface area contributed by atoms with Crippen molar-refractivity contribution < 1.29 is 61.4 Å². The number of thiol groups is 1. The third-order valence-electron chi connectivity index (χ3n) is 3.58. The summed E-state index contributed by atoms with van der Waals surface area (Å²) in [7, 11) is -4.48. The van der Waals surface area contributed by atoms with Gasteiger partial charge in [-0.3, -0.25) is 8.98 Å². The number of rotatable bonds is 15. The first-order chi connectivity index (χ1) is 12.6. The minimum atomic E-state index is -4.48. The monoisotopic (exact) mass is 451 g/mol. The van der Waals surface area contributed by atoms with E-state index >= 15 is 0 Å². The Bertz CT molecular complexity index is 490. The Morgan fingerprint density at radius 3 is 1.75 bits per heavy atom. The van der Waals surface area contributed by atoms with E-state index in [9.17, 15) is 22.6 Å². The van der Waals surface area contributed by atoms with Crippen molar-refractivity contribution >= 4 is 34.9 Å². The number of nitrogens with one attached hydrogen (secondary N) is 1. The summed E-state index contributed by atoms with van der Waals surface area (Å²) >= 11 is 3.73. The zero-order valence-electron chi connectivity index (χ0n) is 17.3. The van der Waals surface area contributed by atoms with Crippen molar-refractivity contribution in [1.82, 2.24) is 5.32 Å². The zero-order valence-corrected chi connectivity index (χ0v) is 21.0. The van der Waals surface area contributed by atoms with Gasteiger partial charge in [-0.2, -0.15) is 12.6 Å². The normalized spacial score (nSPS) is 11.6. The second-order valence-electron chi connectivity index (χ2n) is 6.19. The average molecular weight is 452 g/mol. The molecular formula is C17H34NNaO7S2. The Morgan fingerprint density at radius 2 is 1.46 bits per heavy atom. The second-order valence-corrected chi connectivity index (χ2v) is 7.60. The van der Waals surface area contributed by atoms with Gasteiger partial charge in [-0.1, -0.05) is 64.7 Å². The Balaban J connectivity index is -0.000000489. The van der Waals surface area contributed by atoms with Crippen LogP contribution in [0.2, 0.25) is 0 Å². The fourth-order valence-corrected chi connectivity index (χ4v) is 2.75. The summed E-state index contributed by atoms with van der Waals surface area (Å²) in [5, 5.41) is 10.6. The molecule has 0 aromatic carbocycles. The van der Waals surface area contributed by atoms with Gasteiger partial charge in [0.05, 0.1) is 6.61 Å². The van der Waals surface area contributed by atoms with Gasteiger partial charge in [0.2, 0.25) is 16.3 Å². The summed E-state index contributed by atoms with van der Waals surface area (Å²) in [6.07, 6.45) is 11.7. The predicted octanol–water partition coefficient (Wildman–Crippen LogP) is -0.106. The first kappa shape index (κ1) is 32.8. The Labute approximate surface area is 197 Å². The van der Waals surface area contributed by atoms with Crippen LogP contribution in [-0.2, 0) is 24.2 Å². The van der Waals surface area contributed by atoms with Crippen LogP contribution in [0.1, 0.15) is 78.1 Å². The summed E-state index contributed by atoms with van der Waals surface area (Å²) in [5.41, 5.74) is 0. The number of carboxylic acids is 1. The van der Waals surface area contributed by atoms with E-state index in [0.29, 0.717) is 6.42 Å². The van der Waals surface area contributed by atoms with Gasteiger partial charge in [-0.15, -0.1) is 0 Å². The van der Waals surface area contributed by atoms with E-state index in [2.05, 4.69) is 29.1 Å². The predicted molar refractivity (Wildman–Crippen MR) is 107 cm³/mol. The largest absolute Gasteiger partial charge is 1.00 e.